The monoisotopic (exact) mass is 248 g/mol. The van der Waals surface area contributed by atoms with Crippen LogP contribution in [-0.4, -0.2) is 19.7 Å². The number of hydrogen-bond acceptors (Lipinski definition) is 3. The number of rotatable bonds is 4. The van der Waals surface area contributed by atoms with Gasteiger partial charge in [-0.3, -0.25) is 4.79 Å². The van der Waals surface area contributed by atoms with Gasteiger partial charge in [0, 0.05) is 0 Å². The molecule has 1 aromatic carbocycles. The van der Waals surface area contributed by atoms with Crippen LogP contribution in [-0.2, 0) is 9.53 Å². The molecule has 2 unspecified atom stereocenters. The Bertz CT molecular complexity index is 465. The van der Waals surface area contributed by atoms with E-state index in [1.165, 1.54) is 11.1 Å². The molecule has 0 aliphatic heterocycles. The molecule has 0 radical (unpaired) electrons. The Hall–Kier alpha value is -1.51. The van der Waals surface area contributed by atoms with Gasteiger partial charge in [0.1, 0.15) is 5.75 Å². The van der Waals surface area contributed by atoms with Crippen LogP contribution in [0, 0.1) is 19.8 Å². The van der Waals surface area contributed by atoms with Gasteiger partial charge in [-0.25, -0.2) is 0 Å². The molecule has 3 nitrogen and oxygen atoms in total. The van der Waals surface area contributed by atoms with Crippen molar-refractivity contribution in [2.24, 2.45) is 5.92 Å². The average Bonchev–Trinajstić information content (AvgIpc) is 3.13. The highest BCUT2D eigenvalue weighted by molar-refractivity contribution is 5.77. The first-order valence-electron chi connectivity index (χ1n) is 6.40. The van der Waals surface area contributed by atoms with Crippen LogP contribution in [0.5, 0.6) is 5.75 Å². The van der Waals surface area contributed by atoms with Crippen molar-refractivity contribution in [3.05, 3.63) is 28.8 Å². The lowest BCUT2D eigenvalue weighted by atomic mass is 9.98. The summed E-state index contributed by atoms with van der Waals surface area (Å²) in [6, 6.07) is 4.06. The number of benzene rings is 1. The molecular weight excluding hydrogens is 228 g/mol. The van der Waals surface area contributed by atoms with Crippen molar-refractivity contribution < 1.29 is 14.3 Å². The SMILES string of the molecule is CCOC(=O)C1CC1c1ccc(OC)c(C)c1C. The molecular formula is C15H20O3. The van der Waals surface area contributed by atoms with Crippen molar-refractivity contribution in [2.45, 2.75) is 33.1 Å². The number of hydrogen-bond donors (Lipinski definition) is 0. The second kappa shape index (κ2) is 5.01. The van der Waals surface area contributed by atoms with Crippen LogP contribution in [0.1, 0.15) is 36.0 Å². The molecule has 1 aliphatic rings. The van der Waals surface area contributed by atoms with E-state index in [-0.39, 0.29) is 11.9 Å². The number of carbonyl (C=O) groups excluding carboxylic acids is 1. The van der Waals surface area contributed by atoms with E-state index in [4.69, 9.17) is 9.47 Å². The number of ether oxygens (including phenoxy) is 2. The van der Waals surface area contributed by atoms with Crippen molar-refractivity contribution in [3.63, 3.8) is 0 Å². The summed E-state index contributed by atoms with van der Waals surface area (Å²) in [7, 11) is 1.68. The molecule has 1 saturated carbocycles. The number of methoxy groups -OCH3 is 1. The second-order valence-corrected chi connectivity index (χ2v) is 4.81. The van der Waals surface area contributed by atoms with E-state index in [0.717, 1.165) is 17.7 Å². The lowest BCUT2D eigenvalue weighted by Gasteiger charge is -2.12. The van der Waals surface area contributed by atoms with E-state index in [1.807, 2.05) is 13.0 Å². The minimum Gasteiger partial charge on any atom is -0.496 e. The maximum atomic E-state index is 11.7. The van der Waals surface area contributed by atoms with Gasteiger partial charge in [-0.2, -0.15) is 0 Å². The Balaban J connectivity index is 2.17. The van der Waals surface area contributed by atoms with Crippen LogP contribution in [0.3, 0.4) is 0 Å². The maximum Gasteiger partial charge on any atom is 0.309 e. The molecule has 0 spiro atoms. The summed E-state index contributed by atoms with van der Waals surface area (Å²) in [5.74, 6) is 1.23. The summed E-state index contributed by atoms with van der Waals surface area (Å²) in [6.45, 7) is 6.45. The molecule has 0 aromatic heterocycles. The zero-order valence-corrected chi connectivity index (χ0v) is 11.4. The minimum atomic E-state index is -0.0598. The largest absolute Gasteiger partial charge is 0.496 e. The Morgan fingerprint density at radius 2 is 2.06 bits per heavy atom. The van der Waals surface area contributed by atoms with Crippen molar-refractivity contribution in [3.8, 4) is 5.75 Å². The standard InChI is InChI=1S/C15H20O3/c1-5-18-15(16)13-8-12(13)11-6-7-14(17-4)10(3)9(11)2/h6-7,12-13H,5,8H2,1-4H3. The highest BCUT2D eigenvalue weighted by atomic mass is 16.5. The van der Waals surface area contributed by atoms with Gasteiger partial charge in [0.2, 0.25) is 0 Å². The Morgan fingerprint density at radius 1 is 1.33 bits per heavy atom. The van der Waals surface area contributed by atoms with Crippen molar-refractivity contribution in [2.75, 3.05) is 13.7 Å². The van der Waals surface area contributed by atoms with Crippen molar-refractivity contribution in [1.29, 1.82) is 0 Å². The Labute approximate surface area is 108 Å². The molecule has 0 bridgehead atoms. The van der Waals surface area contributed by atoms with Crippen molar-refractivity contribution in [1.82, 2.24) is 0 Å². The van der Waals surface area contributed by atoms with Gasteiger partial charge in [0.15, 0.2) is 0 Å². The van der Waals surface area contributed by atoms with Crippen LogP contribution < -0.4 is 4.74 Å². The molecule has 0 N–H and O–H groups in total. The second-order valence-electron chi connectivity index (χ2n) is 4.81. The summed E-state index contributed by atoms with van der Waals surface area (Å²) in [6.07, 6.45) is 0.908. The molecule has 98 valence electrons. The maximum absolute atomic E-state index is 11.7. The van der Waals surface area contributed by atoms with Crippen LogP contribution in [0.4, 0.5) is 0 Å². The molecule has 1 aromatic rings. The summed E-state index contributed by atoms with van der Waals surface area (Å²) < 4.78 is 10.4. The molecule has 3 heteroatoms. The molecule has 2 rings (SSSR count). The number of esters is 1. The highest BCUT2D eigenvalue weighted by Crippen LogP contribution is 2.50. The molecule has 0 heterocycles. The van der Waals surface area contributed by atoms with Gasteiger partial charge in [-0.05, 0) is 55.9 Å². The van der Waals surface area contributed by atoms with Gasteiger partial charge < -0.3 is 9.47 Å². The van der Waals surface area contributed by atoms with E-state index >= 15 is 0 Å². The van der Waals surface area contributed by atoms with E-state index in [9.17, 15) is 4.79 Å². The first-order chi connectivity index (χ1) is 8.60. The molecule has 1 aliphatic carbocycles. The zero-order valence-electron chi connectivity index (χ0n) is 11.4. The predicted octanol–water partition coefficient (Wildman–Crippen LogP) is 2.98. The van der Waals surface area contributed by atoms with Crippen LogP contribution in [0.15, 0.2) is 12.1 Å². The predicted molar refractivity (Wildman–Crippen MR) is 69.9 cm³/mol. The van der Waals surface area contributed by atoms with Crippen LogP contribution >= 0.6 is 0 Å². The summed E-state index contributed by atoms with van der Waals surface area (Å²) in [5, 5.41) is 0. The molecule has 1 fully saturated rings. The third kappa shape index (κ3) is 2.22. The fourth-order valence-electron chi connectivity index (χ4n) is 2.49. The summed E-state index contributed by atoms with van der Waals surface area (Å²) in [5.41, 5.74) is 3.64. The van der Waals surface area contributed by atoms with E-state index < -0.39 is 0 Å². The molecule has 0 saturated heterocycles. The normalized spacial score (nSPS) is 21.6. The summed E-state index contributed by atoms with van der Waals surface area (Å²) in [4.78, 5) is 11.7. The third-order valence-electron chi connectivity index (χ3n) is 3.78. The quantitative estimate of drug-likeness (QED) is 0.768. The average molecular weight is 248 g/mol. The topological polar surface area (TPSA) is 35.5 Å². The Kier molecular flexibility index (Phi) is 3.60. The van der Waals surface area contributed by atoms with E-state index in [1.54, 1.807) is 7.11 Å². The van der Waals surface area contributed by atoms with Gasteiger partial charge in [-0.15, -0.1) is 0 Å². The first kappa shape index (κ1) is 12.9. The highest BCUT2D eigenvalue weighted by Gasteiger charge is 2.45. The van der Waals surface area contributed by atoms with Crippen LogP contribution in [0.25, 0.3) is 0 Å². The minimum absolute atomic E-state index is 0.0523. The zero-order chi connectivity index (χ0) is 13.3. The van der Waals surface area contributed by atoms with E-state index in [0.29, 0.717) is 12.5 Å². The third-order valence-corrected chi connectivity index (χ3v) is 3.78. The molecule has 2 atom stereocenters. The van der Waals surface area contributed by atoms with Gasteiger partial charge >= 0.3 is 5.97 Å². The van der Waals surface area contributed by atoms with Crippen LogP contribution in [0.2, 0.25) is 0 Å². The van der Waals surface area contributed by atoms with E-state index in [2.05, 4.69) is 19.9 Å². The van der Waals surface area contributed by atoms with Gasteiger partial charge in [-0.1, -0.05) is 6.07 Å². The van der Waals surface area contributed by atoms with Crippen molar-refractivity contribution >= 4 is 5.97 Å². The Morgan fingerprint density at radius 3 is 2.67 bits per heavy atom. The first-order valence-corrected chi connectivity index (χ1v) is 6.40. The number of carbonyl (C=O) groups is 1. The fourth-order valence-corrected chi connectivity index (χ4v) is 2.49. The smallest absolute Gasteiger partial charge is 0.309 e. The van der Waals surface area contributed by atoms with Gasteiger partial charge in [0.05, 0.1) is 19.6 Å². The summed E-state index contributed by atoms with van der Waals surface area (Å²) >= 11 is 0. The molecule has 18 heavy (non-hydrogen) atoms. The van der Waals surface area contributed by atoms with Gasteiger partial charge in [0.25, 0.3) is 0 Å². The molecule has 0 amide bonds. The fraction of sp³-hybridized carbons (Fsp3) is 0.533. The lowest BCUT2D eigenvalue weighted by Crippen LogP contribution is -2.07. The lowest BCUT2D eigenvalue weighted by molar-refractivity contribution is -0.144.